The number of hydrogen-bond acceptors (Lipinski definition) is 2. The third-order valence-corrected chi connectivity index (χ3v) is 2.41. The first kappa shape index (κ1) is 15.4. The van der Waals surface area contributed by atoms with Crippen LogP contribution in [0.4, 0.5) is 18.9 Å². The Hall–Kier alpha value is -1.69. The van der Waals surface area contributed by atoms with E-state index < -0.39 is 17.6 Å². The lowest BCUT2D eigenvalue weighted by Gasteiger charge is -2.14. The van der Waals surface area contributed by atoms with Crippen LogP contribution in [-0.4, -0.2) is 19.0 Å². The lowest BCUT2D eigenvalue weighted by Crippen LogP contribution is -2.30. The van der Waals surface area contributed by atoms with Gasteiger partial charge in [-0.25, -0.2) is 0 Å². The molecule has 1 rings (SSSR count). The van der Waals surface area contributed by atoms with Gasteiger partial charge in [0, 0.05) is 17.3 Å². The molecule has 0 aliphatic carbocycles. The zero-order chi connectivity index (χ0) is 14.5. The summed E-state index contributed by atoms with van der Waals surface area (Å²) in [6.07, 6.45) is -3.06. The maximum atomic E-state index is 12.7. The Morgan fingerprint density at radius 2 is 2.11 bits per heavy atom. The third kappa shape index (κ3) is 4.82. The summed E-state index contributed by atoms with van der Waals surface area (Å²) < 4.78 is 38.2. The van der Waals surface area contributed by atoms with E-state index in [2.05, 4.69) is 17.2 Å². The minimum absolute atomic E-state index is 0.0195. The van der Waals surface area contributed by atoms with Crippen molar-refractivity contribution in [3.63, 3.8) is 0 Å². The Labute approximate surface area is 113 Å². The van der Waals surface area contributed by atoms with Crippen LogP contribution in [0.1, 0.15) is 5.56 Å². The molecular weight excluding hydrogens is 281 g/mol. The molecule has 0 bridgehead atoms. The Morgan fingerprint density at radius 3 is 2.68 bits per heavy atom. The predicted molar refractivity (Wildman–Crippen MR) is 68.2 cm³/mol. The molecular formula is C12H12ClF3N2O. The molecule has 104 valence electrons. The van der Waals surface area contributed by atoms with Crippen molar-refractivity contribution in [2.24, 2.45) is 0 Å². The maximum absolute atomic E-state index is 12.7. The second-order valence-electron chi connectivity index (χ2n) is 3.63. The molecule has 0 fully saturated rings. The fourth-order valence-corrected chi connectivity index (χ4v) is 1.50. The Bertz CT molecular complexity index is 475. The predicted octanol–water partition coefficient (Wildman–Crippen LogP) is 3.07. The van der Waals surface area contributed by atoms with Gasteiger partial charge in [-0.3, -0.25) is 4.79 Å². The van der Waals surface area contributed by atoms with Gasteiger partial charge < -0.3 is 10.6 Å². The van der Waals surface area contributed by atoms with Gasteiger partial charge in [0.2, 0.25) is 5.91 Å². The topological polar surface area (TPSA) is 41.1 Å². The molecule has 0 spiro atoms. The van der Waals surface area contributed by atoms with Crippen LogP contribution in [0, 0.1) is 0 Å². The second kappa shape index (κ2) is 6.47. The van der Waals surface area contributed by atoms with E-state index in [9.17, 15) is 18.0 Å². The van der Waals surface area contributed by atoms with E-state index in [0.29, 0.717) is 0 Å². The highest BCUT2D eigenvalue weighted by atomic mass is 35.5. The second-order valence-corrected chi connectivity index (χ2v) is 4.07. The summed E-state index contributed by atoms with van der Waals surface area (Å²) in [5, 5.41) is 4.86. The SMILES string of the molecule is C=CCNC(=O)CNc1ccc(Cl)cc1C(F)(F)F. The molecule has 3 nitrogen and oxygen atoms in total. The fraction of sp³-hybridized carbons (Fsp3) is 0.250. The number of anilines is 1. The number of amides is 1. The van der Waals surface area contributed by atoms with Gasteiger partial charge in [0.1, 0.15) is 0 Å². The van der Waals surface area contributed by atoms with Gasteiger partial charge in [-0.15, -0.1) is 6.58 Å². The number of rotatable bonds is 5. The smallest absolute Gasteiger partial charge is 0.376 e. The first-order valence-electron chi connectivity index (χ1n) is 5.33. The molecule has 0 unspecified atom stereocenters. The van der Waals surface area contributed by atoms with Crippen LogP contribution in [0.5, 0.6) is 0 Å². The van der Waals surface area contributed by atoms with Gasteiger partial charge in [0.05, 0.1) is 12.1 Å². The molecule has 0 saturated carbocycles. The van der Waals surface area contributed by atoms with Crippen LogP contribution >= 0.6 is 11.6 Å². The first-order valence-corrected chi connectivity index (χ1v) is 5.70. The molecule has 1 aromatic carbocycles. The van der Waals surface area contributed by atoms with E-state index in [1.165, 1.54) is 18.2 Å². The number of hydrogen-bond donors (Lipinski definition) is 2. The standard InChI is InChI=1S/C12H12ClF3N2O/c1-2-5-17-11(19)7-18-10-4-3-8(13)6-9(10)12(14,15)16/h2-4,6,18H,1,5,7H2,(H,17,19). The summed E-state index contributed by atoms with van der Waals surface area (Å²) in [5.74, 6) is -0.428. The lowest BCUT2D eigenvalue weighted by atomic mass is 10.1. The fourth-order valence-electron chi connectivity index (χ4n) is 1.33. The lowest BCUT2D eigenvalue weighted by molar-refractivity contribution is -0.137. The number of benzene rings is 1. The van der Waals surface area contributed by atoms with Gasteiger partial charge in [-0.05, 0) is 18.2 Å². The van der Waals surface area contributed by atoms with Gasteiger partial charge in [-0.1, -0.05) is 17.7 Å². The van der Waals surface area contributed by atoms with Gasteiger partial charge in [0.25, 0.3) is 0 Å². The molecule has 0 heterocycles. The molecule has 0 aliphatic rings. The van der Waals surface area contributed by atoms with Gasteiger partial charge in [-0.2, -0.15) is 13.2 Å². The Balaban J connectivity index is 2.78. The van der Waals surface area contributed by atoms with Crippen molar-refractivity contribution in [2.75, 3.05) is 18.4 Å². The maximum Gasteiger partial charge on any atom is 0.418 e. The number of halogens is 4. The summed E-state index contributed by atoms with van der Waals surface area (Å²) in [4.78, 5) is 11.3. The minimum Gasteiger partial charge on any atom is -0.376 e. The molecule has 0 aliphatic heterocycles. The van der Waals surface area contributed by atoms with Crippen molar-refractivity contribution in [2.45, 2.75) is 6.18 Å². The summed E-state index contributed by atoms with van der Waals surface area (Å²) in [6, 6.07) is 3.32. The molecule has 19 heavy (non-hydrogen) atoms. The quantitative estimate of drug-likeness (QED) is 0.819. The van der Waals surface area contributed by atoms with Crippen molar-refractivity contribution in [1.82, 2.24) is 5.32 Å². The summed E-state index contributed by atoms with van der Waals surface area (Å²) in [6.45, 7) is 3.40. The van der Waals surface area contributed by atoms with Gasteiger partial charge in [0.15, 0.2) is 0 Å². The van der Waals surface area contributed by atoms with Crippen LogP contribution in [0.3, 0.4) is 0 Å². The van der Waals surface area contributed by atoms with Crippen LogP contribution in [0.2, 0.25) is 5.02 Å². The number of carbonyl (C=O) groups is 1. The van der Waals surface area contributed by atoms with Crippen LogP contribution in [0.25, 0.3) is 0 Å². The summed E-state index contributed by atoms with van der Waals surface area (Å²) in [7, 11) is 0. The largest absolute Gasteiger partial charge is 0.418 e. The summed E-state index contributed by atoms with van der Waals surface area (Å²) in [5.41, 5.74) is -1.10. The molecule has 0 saturated heterocycles. The van der Waals surface area contributed by atoms with Crippen LogP contribution in [-0.2, 0) is 11.0 Å². The van der Waals surface area contributed by atoms with Crippen molar-refractivity contribution < 1.29 is 18.0 Å². The van der Waals surface area contributed by atoms with E-state index in [-0.39, 0.29) is 23.8 Å². The summed E-state index contributed by atoms with van der Waals surface area (Å²) >= 11 is 5.54. The Morgan fingerprint density at radius 1 is 1.42 bits per heavy atom. The average molecular weight is 293 g/mol. The number of carbonyl (C=O) groups excluding carboxylic acids is 1. The molecule has 0 atom stereocenters. The number of alkyl halides is 3. The van der Waals surface area contributed by atoms with Crippen LogP contribution in [0.15, 0.2) is 30.9 Å². The van der Waals surface area contributed by atoms with E-state index >= 15 is 0 Å². The van der Waals surface area contributed by atoms with E-state index in [0.717, 1.165) is 6.07 Å². The molecule has 0 radical (unpaired) electrons. The zero-order valence-electron chi connectivity index (χ0n) is 9.85. The van der Waals surface area contributed by atoms with Crippen molar-refractivity contribution in [3.8, 4) is 0 Å². The monoisotopic (exact) mass is 292 g/mol. The highest BCUT2D eigenvalue weighted by Crippen LogP contribution is 2.36. The first-order chi connectivity index (χ1) is 8.84. The highest BCUT2D eigenvalue weighted by Gasteiger charge is 2.33. The molecule has 0 aromatic heterocycles. The van der Waals surface area contributed by atoms with E-state index in [1.807, 2.05) is 0 Å². The minimum atomic E-state index is -4.54. The molecule has 1 amide bonds. The average Bonchev–Trinajstić information content (AvgIpc) is 2.33. The molecule has 2 N–H and O–H groups in total. The highest BCUT2D eigenvalue weighted by molar-refractivity contribution is 6.30. The third-order valence-electron chi connectivity index (χ3n) is 2.17. The Kier molecular flexibility index (Phi) is 5.23. The van der Waals surface area contributed by atoms with Crippen molar-refractivity contribution in [3.05, 3.63) is 41.4 Å². The number of nitrogens with one attached hydrogen (secondary N) is 2. The zero-order valence-corrected chi connectivity index (χ0v) is 10.6. The van der Waals surface area contributed by atoms with E-state index in [4.69, 9.17) is 11.6 Å². The van der Waals surface area contributed by atoms with Crippen molar-refractivity contribution >= 4 is 23.2 Å². The van der Waals surface area contributed by atoms with E-state index in [1.54, 1.807) is 0 Å². The normalized spacial score (nSPS) is 10.9. The molecule has 7 heteroatoms. The van der Waals surface area contributed by atoms with Crippen LogP contribution < -0.4 is 10.6 Å². The van der Waals surface area contributed by atoms with Gasteiger partial charge >= 0.3 is 6.18 Å². The van der Waals surface area contributed by atoms with Crippen molar-refractivity contribution in [1.29, 1.82) is 0 Å². The molecule has 1 aromatic rings.